The second-order valence-corrected chi connectivity index (χ2v) is 3.70. The highest BCUT2D eigenvalue weighted by Gasteiger charge is 1.97. The van der Waals surface area contributed by atoms with E-state index in [9.17, 15) is 0 Å². The zero-order valence-corrected chi connectivity index (χ0v) is 9.27. The molecule has 0 nitrogen and oxygen atoms in total. The summed E-state index contributed by atoms with van der Waals surface area (Å²) in [4.78, 5) is 1.40. The van der Waals surface area contributed by atoms with Gasteiger partial charge in [0.1, 0.15) is 0 Å². The molecule has 0 bridgehead atoms. The van der Waals surface area contributed by atoms with Gasteiger partial charge in [-0.3, -0.25) is 0 Å². The predicted octanol–water partition coefficient (Wildman–Crippen LogP) is 5.43. The molecule has 1 aromatic rings. The van der Waals surface area contributed by atoms with Crippen molar-refractivity contribution in [1.82, 2.24) is 0 Å². The van der Waals surface area contributed by atoms with E-state index in [1.54, 1.807) is 11.3 Å². The average molecular weight is 253 g/mol. The fourth-order valence-corrected chi connectivity index (χ4v) is 1.94. The maximum atomic E-state index is 3.43. The quantitative estimate of drug-likeness (QED) is 0.578. The fourth-order valence-electron chi connectivity index (χ4n) is 0.485. The van der Waals surface area contributed by atoms with Gasteiger partial charge in [-0.15, -0.1) is 11.3 Å². The van der Waals surface area contributed by atoms with E-state index < -0.39 is 0 Å². The van der Waals surface area contributed by atoms with E-state index in [0.717, 1.165) is 0 Å². The molecule has 1 aromatic heterocycles. The summed E-state index contributed by atoms with van der Waals surface area (Å²) in [6.45, 7) is 8.25. The third-order valence-corrected chi connectivity index (χ3v) is 3.37. The summed E-state index contributed by atoms with van der Waals surface area (Å²) in [5.74, 6) is 0. The van der Waals surface area contributed by atoms with Crippen LogP contribution in [0.5, 0.6) is 0 Å². The Hall–Kier alpha value is 0.180. The van der Waals surface area contributed by atoms with Gasteiger partial charge in [0, 0.05) is 14.7 Å². The first kappa shape index (κ1) is 18.1. The third-order valence-electron chi connectivity index (χ3n) is 1.23. The summed E-state index contributed by atoms with van der Waals surface area (Å²) in [5, 5.41) is 2.12. The van der Waals surface area contributed by atoms with E-state index >= 15 is 0 Å². The van der Waals surface area contributed by atoms with Crippen molar-refractivity contribution in [1.29, 1.82) is 0 Å². The molecule has 12 heavy (non-hydrogen) atoms. The Bertz CT molecular complexity index is 172. The lowest BCUT2D eigenvalue weighted by Crippen LogP contribution is -1.66. The SMILES string of the molecule is C.C.CC.Cc1scc(Br)c1C. The molecular formula is C10H21BrS. The smallest absolute Gasteiger partial charge is 0.0314 e. The number of thiophene rings is 1. The van der Waals surface area contributed by atoms with Crippen LogP contribution >= 0.6 is 27.3 Å². The molecule has 0 atom stereocenters. The highest BCUT2D eigenvalue weighted by atomic mass is 79.9. The molecular weight excluding hydrogens is 232 g/mol. The van der Waals surface area contributed by atoms with E-state index in [1.165, 1.54) is 14.9 Å². The van der Waals surface area contributed by atoms with Crippen LogP contribution in [0.25, 0.3) is 0 Å². The van der Waals surface area contributed by atoms with Crippen molar-refractivity contribution in [3.05, 3.63) is 20.3 Å². The number of aryl methyl sites for hydroxylation is 1. The normalized spacial score (nSPS) is 7.08. The molecule has 0 saturated carbocycles. The molecule has 1 rings (SSSR count). The topological polar surface area (TPSA) is 0 Å². The van der Waals surface area contributed by atoms with Gasteiger partial charge in [-0.05, 0) is 35.3 Å². The molecule has 0 aliphatic heterocycles. The zero-order chi connectivity index (χ0) is 8.15. The van der Waals surface area contributed by atoms with E-state index in [-0.39, 0.29) is 14.9 Å². The average Bonchev–Trinajstić information content (AvgIpc) is 2.25. The molecule has 0 aromatic carbocycles. The summed E-state index contributed by atoms with van der Waals surface area (Å²) in [6.07, 6.45) is 0. The van der Waals surface area contributed by atoms with Gasteiger partial charge < -0.3 is 0 Å². The van der Waals surface area contributed by atoms with Gasteiger partial charge in [-0.1, -0.05) is 28.7 Å². The van der Waals surface area contributed by atoms with Crippen molar-refractivity contribution < 1.29 is 0 Å². The van der Waals surface area contributed by atoms with Crippen LogP contribution in [-0.4, -0.2) is 0 Å². The molecule has 0 unspecified atom stereocenters. The summed E-state index contributed by atoms with van der Waals surface area (Å²) in [6, 6.07) is 0. The first-order valence-electron chi connectivity index (χ1n) is 3.42. The van der Waals surface area contributed by atoms with Gasteiger partial charge in [-0.2, -0.15) is 0 Å². The highest BCUT2D eigenvalue weighted by Crippen LogP contribution is 2.24. The summed E-state index contributed by atoms with van der Waals surface area (Å²) in [5.41, 5.74) is 1.37. The minimum absolute atomic E-state index is 0. The van der Waals surface area contributed by atoms with Crippen LogP contribution in [-0.2, 0) is 0 Å². The zero-order valence-electron chi connectivity index (χ0n) is 6.86. The molecule has 2 heteroatoms. The van der Waals surface area contributed by atoms with Gasteiger partial charge in [0.05, 0.1) is 0 Å². The molecule has 0 radical (unpaired) electrons. The van der Waals surface area contributed by atoms with Crippen molar-refractivity contribution >= 4 is 27.3 Å². The Kier molecular flexibility index (Phi) is 14.0. The molecule has 0 saturated heterocycles. The van der Waals surface area contributed by atoms with E-state index in [4.69, 9.17) is 0 Å². The molecule has 0 spiro atoms. The van der Waals surface area contributed by atoms with Crippen molar-refractivity contribution in [2.24, 2.45) is 0 Å². The largest absolute Gasteiger partial charge is 0.148 e. The van der Waals surface area contributed by atoms with Gasteiger partial charge in [0.2, 0.25) is 0 Å². The van der Waals surface area contributed by atoms with Crippen LogP contribution in [0, 0.1) is 13.8 Å². The first-order chi connectivity index (χ1) is 4.72. The first-order valence-corrected chi connectivity index (χ1v) is 5.09. The van der Waals surface area contributed by atoms with Crippen LogP contribution in [0.15, 0.2) is 9.85 Å². The van der Waals surface area contributed by atoms with Gasteiger partial charge >= 0.3 is 0 Å². The molecule has 0 amide bonds. The Morgan fingerprint density at radius 2 is 1.58 bits per heavy atom. The van der Waals surface area contributed by atoms with E-state index in [2.05, 4.69) is 35.2 Å². The minimum atomic E-state index is 0. The Morgan fingerprint density at radius 1 is 1.17 bits per heavy atom. The standard InChI is InChI=1S/C6H7BrS.C2H6.2CH4/c1-4-5(2)8-3-6(4)7;1-2;;/h3H,1-2H3;1-2H3;2*1H4. The van der Waals surface area contributed by atoms with Gasteiger partial charge in [-0.25, -0.2) is 0 Å². The highest BCUT2D eigenvalue weighted by molar-refractivity contribution is 9.10. The van der Waals surface area contributed by atoms with Crippen LogP contribution < -0.4 is 0 Å². The second kappa shape index (κ2) is 9.27. The molecule has 1 heterocycles. The van der Waals surface area contributed by atoms with Crippen molar-refractivity contribution in [2.45, 2.75) is 42.5 Å². The van der Waals surface area contributed by atoms with Crippen LogP contribution in [0.2, 0.25) is 0 Å². The van der Waals surface area contributed by atoms with Crippen LogP contribution in [0.3, 0.4) is 0 Å². The molecule has 0 aliphatic carbocycles. The summed E-state index contributed by atoms with van der Waals surface area (Å²) < 4.78 is 1.24. The Morgan fingerprint density at radius 3 is 1.67 bits per heavy atom. The van der Waals surface area contributed by atoms with Crippen LogP contribution in [0.1, 0.15) is 39.1 Å². The summed E-state index contributed by atoms with van der Waals surface area (Å²) >= 11 is 5.21. The molecule has 74 valence electrons. The van der Waals surface area contributed by atoms with Crippen LogP contribution in [0.4, 0.5) is 0 Å². The number of rotatable bonds is 0. The minimum Gasteiger partial charge on any atom is -0.148 e. The maximum Gasteiger partial charge on any atom is 0.0314 e. The molecule has 0 N–H and O–H groups in total. The van der Waals surface area contributed by atoms with E-state index in [1.807, 2.05) is 13.8 Å². The number of halogens is 1. The second-order valence-electron chi connectivity index (χ2n) is 1.76. The molecule has 0 fully saturated rings. The third kappa shape index (κ3) is 4.94. The predicted molar refractivity (Wildman–Crippen MR) is 66.3 cm³/mol. The molecule has 0 aliphatic rings. The monoisotopic (exact) mass is 252 g/mol. The number of hydrogen-bond acceptors (Lipinski definition) is 1. The lowest BCUT2D eigenvalue weighted by Gasteiger charge is -1.84. The summed E-state index contributed by atoms with van der Waals surface area (Å²) in [7, 11) is 0. The van der Waals surface area contributed by atoms with Gasteiger partial charge in [0.25, 0.3) is 0 Å². The lowest BCUT2D eigenvalue weighted by atomic mass is 10.3. The fraction of sp³-hybridized carbons (Fsp3) is 0.600. The Labute approximate surface area is 90.1 Å². The maximum absolute atomic E-state index is 3.43. The van der Waals surface area contributed by atoms with Crippen molar-refractivity contribution in [2.75, 3.05) is 0 Å². The van der Waals surface area contributed by atoms with Crippen molar-refractivity contribution in [3.8, 4) is 0 Å². The van der Waals surface area contributed by atoms with Crippen molar-refractivity contribution in [3.63, 3.8) is 0 Å². The number of hydrogen-bond donors (Lipinski definition) is 0. The lowest BCUT2D eigenvalue weighted by molar-refractivity contribution is 1.42. The van der Waals surface area contributed by atoms with E-state index in [0.29, 0.717) is 0 Å². The van der Waals surface area contributed by atoms with Gasteiger partial charge in [0.15, 0.2) is 0 Å². The Balaban J connectivity index is -0.000000189.